The molecule has 0 amide bonds. The highest BCUT2D eigenvalue weighted by Gasteiger charge is 2.19. The van der Waals surface area contributed by atoms with E-state index in [1.807, 2.05) is 30.3 Å². The fraction of sp³-hybridized carbons (Fsp3) is 0.250. The summed E-state index contributed by atoms with van der Waals surface area (Å²) in [6.07, 6.45) is 0.771. The fourth-order valence-electron chi connectivity index (χ4n) is 2.37. The molecule has 1 aliphatic heterocycles. The lowest BCUT2D eigenvalue weighted by Gasteiger charge is -2.23. The number of hydrogen-bond donors (Lipinski definition) is 1. The molecule has 3 nitrogen and oxygen atoms in total. The molecule has 0 bridgehead atoms. The Morgan fingerprint density at radius 3 is 2.60 bits per heavy atom. The maximum absolute atomic E-state index is 6.34. The van der Waals surface area contributed by atoms with Crippen molar-refractivity contribution in [1.82, 2.24) is 0 Å². The van der Waals surface area contributed by atoms with Crippen LogP contribution >= 0.6 is 15.9 Å². The van der Waals surface area contributed by atoms with Crippen molar-refractivity contribution in [2.75, 3.05) is 13.2 Å². The van der Waals surface area contributed by atoms with Gasteiger partial charge in [-0.1, -0.05) is 40.2 Å². The van der Waals surface area contributed by atoms with Gasteiger partial charge in [0.25, 0.3) is 0 Å². The average Bonchev–Trinajstić information content (AvgIpc) is 2.49. The van der Waals surface area contributed by atoms with Crippen molar-refractivity contribution >= 4 is 15.9 Å². The van der Waals surface area contributed by atoms with Gasteiger partial charge in [-0.25, -0.2) is 0 Å². The number of hydrogen-bond acceptors (Lipinski definition) is 3. The van der Waals surface area contributed by atoms with Gasteiger partial charge in [0.05, 0.1) is 0 Å². The van der Waals surface area contributed by atoms with Gasteiger partial charge in [0.2, 0.25) is 0 Å². The minimum atomic E-state index is -0.104. The second-order valence-electron chi connectivity index (χ2n) is 4.81. The highest BCUT2D eigenvalue weighted by Crippen LogP contribution is 2.37. The molecule has 1 atom stereocenters. The van der Waals surface area contributed by atoms with E-state index in [1.54, 1.807) is 0 Å². The predicted molar refractivity (Wildman–Crippen MR) is 82.2 cm³/mol. The summed E-state index contributed by atoms with van der Waals surface area (Å²) in [5, 5.41) is 0. The van der Waals surface area contributed by atoms with Crippen molar-refractivity contribution in [2.24, 2.45) is 5.73 Å². The quantitative estimate of drug-likeness (QED) is 0.935. The van der Waals surface area contributed by atoms with Gasteiger partial charge in [0.1, 0.15) is 13.2 Å². The van der Waals surface area contributed by atoms with Gasteiger partial charge in [-0.05, 0) is 30.2 Å². The van der Waals surface area contributed by atoms with Crippen molar-refractivity contribution in [3.63, 3.8) is 0 Å². The molecule has 0 saturated carbocycles. The Morgan fingerprint density at radius 2 is 1.80 bits per heavy atom. The van der Waals surface area contributed by atoms with Crippen molar-refractivity contribution in [2.45, 2.75) is 12.5 Å². The van der Waals surface area contributed by atoms with Gasteiger partial charge in [-0.15, -0.1) is 0 Å². The van der Waals surface area contributed by atoms with E-state index in [1.165, 1.54) is 5.56 Å². The Bertz CT molecular complexity index is 598. The minimum absolute atomic E-state index is 0.104. The number of ether oxygens (including phenoxy) is 2. The van der Waals surface area contributed by atoms with Crippen LogP contribution in [-0.4, -0.2) is 13.2 Å². The van der Waals surface area contributed by atoms with Crippen LogP contribution < -0.4 is 15.2 Å². The lowest BCUT2D eigenvalue weighted by Crippen LogP contribution is -2.20. The Morgan fingerprint density at radius 1 is 1.05 bits per heavy atom. The normalized spacial score (nSPS) is 14.9. The van der Waals surface area contributed by atoms with Crippen LogP contribution in [0.25, 0.3) is 0 Å². The topological polar surface area (TPSA) is 44.5 Å². The lowest BCUT2D eigenvalue weighted by atomic mass is 9.98. The van der Waals surface area contributed by atoms with Gasteiger partial charge in [0.15, 0.2) is 11.5 Å². The first kappa shape index (κ1) is 13.5. The zero-order valence-corrected chi connectivity index (χ0v) is 12.6. The summed E-state index contributed by atoms with van der Waals surface area (Å²) < 4.78 is 12.4. The largest absolute Gasteiger partial charge is 0.486 e. The molecule has 1 aliphatic rings. The summed E-state index contributed by atoms with van der Waals surface area (Å²) in [5.41, 5.74) is 8.55. The van der Waals surface area contributed by atoms with Gasteiger partial charge >= 0.3 is 0 Å². The fourth-order valence-corrected chi connectivity index (χ4v) is 2.64. The van der Waals surface area contributed by atoms with E-state index < -0.39 is 0 Å². The summed E-state index contributed by atoms with van der Waals surface area (Å²) in [7, 11) is 0. The zero-order chi connectivity index (χ0) is 13.9. The number of benzene rings is 2. The molecular weight excluding hydrogens is 318 g/mol. The summed E-state index contributed by atoms with van der Waals surface area (Å²) in [4.78, 5) is 0. The van der Waals surface area contributed by atoms with E-state index in [2.05, 4.69) is 28.1 Å². The predicted octanol–water partition coefficient (Wildman–Crippen LogP) is 3.46. The van der Waals surface area contributed by atoms with Crippen LogP contribution in [0.4, 0.5) is 0 Å². The first-order valence-electron chi connectivity index (χ1n) is 6.62. The number of fused-ring (bicyclic) bond motifs is 1. The molecule has 0 aliphatic carbocycles. The lowest BCUT2D eigenvalue weighted by molar-refractivity contribution is 0.169. The average molecular weight is 334 g/mol. The highest BCUT2D eigenvalue weighted by molar-refractivity contribution is 9.10. The third-order valence-corrected chi connectivity index (χ3v) is 3.89. The van der Waals surface area contributed by atoms with Gasteiger partial charge in [0, 0.05) is 16.1 Å². The summed E-state index contributed by atoms with van der Waals surface area (Å²) in [6, 6.07) is 14.0. The molecule has 2 aromatic carbocycles. The molecule has 0 saturated heterocycles. The molecule has 1 unspecified atom stereocenters. The molecule has 0 fully saturated rings. The molecule has 2 aromatic rings. The Hall–Kier alpha value is -1.52. The molecule has 0 aromatic heterocycles. The smallest absolute Gasteiger partial charge is 0.166 e. The molecule has 0 spiro atoms. The second kappa shape index (κ2) is 5.85. The number of halogens is 1. The monoisotopic (exact) mass is 333 g/mol. The van der Waals surface area contributed by atoms with Crippen molar-refractivity contribution < 1.29 is 9.47 Å². The summed E-state index contributed by atoms with van der Waals surface area (Å²) >= 11 is 3.44. The molecule has 2 N–H and O–H groups in total. The zero-order valence-electron chi connectivity index (χ0n) is 11.0. The van der Waals surface area contributed by atoms with E-state index >= 15 is 0 Å². The van der Waals surface area contributed by atoms with Crippen LogP contribution in [0.3, 0.4) is 0 Å². The van der Waals surface area contributed by atoms with Crippen LogP contribution in [0.15, 0.2) is 46.9 Å². The Labute approximate surface area is 126 Å². The summed E-state index contributed by atoms with van der Waals surface area (Å²) in [5.74, 6) is 1.59. The summed E-state index contributed by atoms with van der Waals surface area (Å²) in [6.45, 7) is 1.17. The second-order valence-corrected chi connectivity index (χ2v) is 5.72. The van der Waals surface area contributed by atoms with Crippen molar-refractivity contribution in [1.29, 1.82) is 0 Å². The van der Waals surface area contributed by atoms with E-state index in [0.717, 1.165) is 28.0 Å². The Kier molecular flexibility index (Phi) is 3.94. The van der Waals surface area contributed by atoms with E-state index in [-0.39, 0.29) is 6.04 Å². The number of para-hydroxylation sites is 1. The van der Waals surface area contributed by atoms with E-state index in [0.29, 0.717) is 13.2 Å². The van der Waals surface area contributed by atoms with Crippen molar-refractivity contribution in [3.8, 4) is 11.5 Å². The SMILES string of the molecule is NC(Cc1ccc(Br)cc1)c1cccc2c1OCCO2. The standard InChI is InChI=1S/C16H16BrNO2/c17-12-6-4-11(5-7-12)10-14(18)13-2-1-3-15-16(13)20-9-8-19-15/h1-7,14H,8-10,18H2. The number of rotatable bonds is 3. The molecular formula is C16H16BrNO2. The maximum Gasteiger partial charge on any atom is 0.166 e. The van der Waals surface area contributed by atoms with Crippen LogP contribution in [0.1, 0.15) is 17.2 Å². The highest BCUT2D eigenvalue weighted by atomic mass is 79.9. The maximum atomic E-state index is 6.34. The van der Waals surface area contributed by atoms with Crippen LogP contribution in [0.2, 0.25) is 0 Å². The first-order chi connectivity index (χ1) is 9.74. The van der Waals surface area contributed by atoms with Crippen LogP contribution in [0, 0.1) is 0 Å². The Balaban J connectivity index is 1.83. The number of nitrogens with two attached hydrogens (primary N) is 1. The van der Waals surface area contributed by atoms with E-state index in [4.69, 9.17) is 15.2 Å². The molecule has 1 heterocycles. The third kappa shape index (κ3) is 2.81. The van der Waals surface area contributed by atoms with E-state index in [9.17, 15) is 0 Å². The first-order valence-corrected chi connectivity index (χ1v) is 7.42. The van der Waals surface area contributed by atoms with Crippen LogP contribution in [-0.2, 0) is 6.42 Å². The van der Waals surface area contributed by atoms with Gasteiger partial charge < -0.3 is 15.2 Å². The molecule has 20 heavy (non-hydrogen) atoms. The minimum Gasteiger partial charge on any atom is -0.486 e. The van der Waals surface area contributed by atoms with Crippen molar-refractivity contribution in [3.05, 3.63) is 58.1 Å². The molecule has 3 rings (SSSR count). The molecule has 0 radical (unpaired) electrons. The third-order valence-electron chi connectivity index (χ3n) is 3.37. The van der Waals surface area contributed by atoms with Crippen LogP contribution in [0.5, 0.6) is 11.5 Å². The van der Waals surface area contributed by atoms with Gasteiger partial charge in [-0.3, -0.25) is 0 Å². The molecule has 104 valence electrons. The van der Waals surface area contributed by atoms with Gasteiger partial charge in [-0.2, -0.15) is 0 Å². The molecule has 4 heteroatoms.